The van der Waals surface area contributed by atoms with Crippen LogP contribution < -0.4 is 0 Å². The van der Waals surface area contributed by atoms with Crippen LogP contribution in [-0.4, -0.2) is 54.1 Å². The molecule has 1 unspecified atom stereocenters. The monoisotopic (exact) mass is 386 g/mol. The van der Waals surface area contributed by atoms with Crippen LogP contribution in [0.1, 0.15) is 29.7 Å². The maximum atomic E-state index is 12.6. The number of carbonyl (C=O) groups excluding carboxylic acids is 1. The highest BCUT2D eigenvalue weighted by molar-refractivity contribution is 7.10. The lowest BCUT2D eigenvalue weighted by molar-refractivity contribution is -0.128. The van der Waals surface area contributed by atoms with Crippen LogP contribution in [0.5, 0.6) is 0 Å². The zero-order valence-corrected chi connectivity index (χ0v) is 16.3. The largest absolute Gasteiger partial charge is 0.472 e. The zero-order chi connectivity index (χ0) is 18.5. The molecule has 2 aliphatic rings. The zero-order valence-electron chi connectivity index (χ0n) is 15.5. The fourth-order valence-corrected chi connectivity index (χ4v) is 4.65. The summed E-state index contributed by atoms with van der Waals surface area (Å²) in [6.07, 6.45) is 10.0. The second-order valence-corrected chi connectivity index (χ2v) is 8.38. The van der Waals surface area contributed by atoms with Gasteiger partial charge in [-0.05, 0) is 42.9 Å². The molecule has 0 N–H and O–H groups in total. The van der Waals surface area contributed by atoms with E-state index in [9.17, 15) is 4.79 Å². The van der Waals surface area contributed by atoms with Crippen molar-refractivity contribution in [1.29, 1.82) is 0 Å². The van der Waals surface area contributed by atoms with Gasteiger partial charge < -0.3 is 14.1 Å². The van der Waals surface area contributed by atoms with E-state index in [1.54, 1.807) is 23.7 Å². The van der Waals surface area contributed by atoms with E-state index in [0.717, 1.165) is 63.5 Å². The summed E-state index contributed by atoms with van der Waals surface area (Å²) >= 11 is 1.65. The first-order valence-corrected chi connectivity index (χ1v) is 10.5. The van der Waals surface area contributed by atoms with Gasteiger partial charge in [0, 0.05) is 49.2 Å². The molecule has 4 heterocycles. The topological polar surface area (TPSA) is 45.9 Å². The first-order valence-electron chi connectivity index (χ1n) is 9.60. The number of rotatable bonds is 4. The average molecular weight is 387 g/mol. The summed E-state index contributed by atoms with van der Waals surface area (Å²) in [6.45, 7) is 5.08. The molecule has 0 bridgehead atoms. The van der Waals surface area contributed by atoms with Crippen molar-refractivity contribution >= 4 is 23.3 Å². The van der Waals surface area contributed by atoms with E-state index < -0.39 is 0 Å². The van der Waals surface area contributed by atoms with Gasteiger partial charge >= 0.3 is 0 Å². The highest BCUT2D eigenvalue weighted by Gasteiger charge is 2.38. The molecule has 2 aromatic heterocycles. The third kappa shape index (κ3) is 4.69. The molecule has 2 saturated heterocycles. The number of hydrogen-bond donors (Lipinski definition) is 0. The third-order valence-electron chi connectivity index (χ3n) is 5.46. The van der Waals surface area contributed by atoms with Gasteiger partial charge in [0.15, 0.2) is 0 Å². The van der Waals surface area contributed by atoms with E-state index in [1.165, 1.54) is 5.56 Å². The first kappa shape index (κ1) is 18.5. The summed E-state index contributed by atoms with van der Waals surface area (Å²) in [7, 11) is 0. The van der Waals surface area contributed by atoms with Gasteiger partial charge in [0.25, 0.3) is 0 Å². The average Bonchev–Trinajstić information content (AvgIpc) is 3.33. The Morgan fingerprint density at radius 1 is 1.26 bits per heavy atom. The SMILES string of the molecule is O=C(/C=C/c1cccs1)N1CCCC2(CC1)CN(Cc1ccoc1)CCO2. The maximum Gasteiger partial charge on any atom is 0.246 e. The third-order valence-corrected chi connectivity index (χ3v) is 6.29. The molecule has 0 saturated carbocycles. The summed E-state index contributed by atoms with van der Waals surface area (Å²) < 4.78 is 11.5. The molecule has 1 amide bonds. The molecule has 1 atom stereocenters. The van der Waals surface area contributed by atoms with E-state index in [1.807, 2.05) is 40.8 Å². The summed E-state index contributed by atoms with van der Waals surface area (Å²) in [5.41, 5.74) is 1.07. The molecule has 5 nitrogen and oxygen atoms in total. The smallest absolute Gasteiger partial charge is 0.246 e. The molecular weight excluding hydrogens is 360 g/mol. The minimum absolute atomic E-state index is 0.103. The van der Waals surface area contributed by atoms with Crippen LogP contribution in [0.3, 0.4) is 0 Å². The number of nitrogens with zero attached hydrogens (tertiary/aromatic N) is 2. The van der Waals surface area contributed by atoms with Crippen LogP contribution in [0.4, 0.5) is 0 Å². The van der Waals surface area contributed by atoms with Crippen molar-refractivity contribution in [2.45, 2.75) is 31.4 Å². The molecule has 144 valence electrons. The predicted molar refractivity (Wildman–Crippen MR) is 106 cm³/mol. The van der Waals surface area contributed by atoms with Crippen LogP contribution >= 0.6 is 11.3 Å². The maximum absolute atomic E-state index is 12.6. The number of thiophene rings is 1. The molecule has 2 aromatic rings. The van der Waals surface area contributed by atoms with Crippen LogP contribution in [0.25, 0.3) is 6.08 Å². The number of hydrogen-bond acceptors (Lipinski definition) is 5. The summed E-state index contributed by atoms with van der Waals surface area (Å²) in [6, 6.07) is 6.05. The Morgan fingerprint density at radius 3 is 3.04 bits per heavy atom. The van der Waals surface area contributed by atoms with Gasteiger partial charge in [-0.2, -0.15) is 0 Å². The Labute approximate surface area is 164 Å². The summed E-state index contributed by atoms with van der Waals surface area (Å²) in [5, 5.41) is 2.02. The molecule has 6 heteroatoms. The highest BCUT2D eigenvalue weighted by atomic mass is 32.1. The summed E-state index contributed by atoms with van der Waals surface area (Å²) in [4.78, 5) is 18.1. The van der Waals surface area contributed by atoms with Gasteiger partial charge in [0.1, 0.15) is 0 Å². The lowest BCUT2D eigenvalue weighted by Gasteiger charge is -2.42. The van der Waals surface area contributed by atoms with Crippen molar-refractivity contribution in [3.63, 3.8) is 0 Å². The lowest BCUT2D eigenvalue weighted by atomic mass is 9.92. The molecule has 4 rings (SSSR count). The molecule has 0 radical (unpaired) electrons. The van der Waals surface area contributed by atoms with Gasteiger partial charge in [0.2, 0.25) is 5.91 Å². The minimum atomic E-state index is -0.130. The standard InChI is InChI=1S/C21H26N2O3S/c24-20(5-4-19-3-1-14-27-19)23-9-2-7-21(8-10-23)17-22(11-13-26-21)15-18-6-12-25-16-18/h1,3-6,12,14,16H,2,7-11,13,15,17H2/b5-4+. The molecule has 27 heavy (non-hydrogen) atoms. The fraction of sp³-hybridized carbons (Fsp3) is 0.476. The van der Waals surface area contributed by atoms with E-state index in [2.05, 4.69) is 4.90 Å². The number of amides is 1. The Morgan fingerprint density at radius 2 is 2.22 bits per heavy atom. The van der Waals surface area contributed by atoms with Gasteiger partial charge in [-0.25, -0.2) is 0 Å². The van der Waals surface area contributed by atoms with Gasteiger partial charge in [-0.1, -0.05) is 6.07 Å². The van der Waals surface area contributed by atoms with Crippen molar-refractivity contribution < 1.29 is 13.9 Å². The van der Waals surface area contributed by atoms with Crippen molar-refractivity contribution in [3.05, 3.63) is 52.6 Å². The Kier molecular flexibility index (Phi) is 5.76. The number of furan rings is 1. The van der Waals surface area contributed by atoms with Gasteiger partial charge in [0.05, 0.1) is 24.7 Å². The normalized spacial score (nSPS) is 24.5. The second kappa shape index (κ2) is 8.42. The molecule has 2 aliphatic heterocycles. The van der Waals surface area contributed by atoms with Crippen LogP contribution in [-0.2, 0) is 16.1 Å². The highest BCUT2D eigenvalue weighted by Crippen LogP contribution is 2.31. The van der Waals surface area contributed by atoms with Crippen LogP contribution in [0.15, 0.2) is 46.6 Å². The number of ether oxygens (including phenoxy) is 1. The van der Waals surface area contributed by atoms with Gasteiger partial charge in [-0.15, -0.1) is 11.3 Å². The predicted octanol–water partition coefficient (Wildman–Crippen LogP) is 3.64. The Balaban J connectivity index is 1.35. The van der Waals surface area contributed by atoms with Crippen molar-refractivity contribution in [3.8, 4) is 0 Å². The van der Waals surface area contributed by atoms with E-state index in [-0.39, 0.29) is 11.5 Å². The van der Waals surface area contributed by atoms with Crippen LogP contribution in [0.2, 0.25) is 0 Å². The minimum Gasteiger partial charge on any atom is -0.472 e. The van der Waals surface area contributed by atoms with Crippen molar-refractivity contribution in [2.75, 3.05) is 32.8 Å². The molecule has 0 aromatic carbocycles. The number of morpholine rings is 1. The van der Waals surface area contributed by atoms with Crippen molar-refractivity contribution in [1.82, 2.24) is 9.80 Å². The fourth-order valence-electron chi connectivity index (χ4n) is 4.03. The molecule has 1 spiro atoms. The van der Waals surface area contributed by atoms with E-state index >= 15 is 0 Å². The van der Waals surface area contributed by atoms with E-state index in [0.29, 0.717) is 0 Å². The number of likely N-dealkylation sites (tertiary alicyclic amines) is 1. The summed E-state index contributed by atoms with van der Waals surface area (Å²) in [5.74, 6) is 0.103. The second-order valence-electron chi connectivity index (χ2n) is 7.40. The number of carbonyl (C=O) groups is 1. The molecule has 2 fully saturated rings. The molecular formula is C21H26N2O3S. The Bertz CT molecular complexity index is 757. The Hall–Kier alpha value is -1.89. The first-order chi connectivity index (χ1) is 13.2. The molecule has 0 aliphatic carbocycles. The lowest BCUT2D eigenvalue weighted by Crippen LogP contribution is -2.51. The quantitative estimate of drug-likeness (QED) is 0.753. The van der Waals surface area contributed by atoms with Crippen LogP contribution in [0, 0.1) is 0 Å². The van der Waals surface area contributed by atoms with Crippen molar-refractivity contribution in [2.24, 2.45) is 0 Å². The van der Waals surface area contributed by atoms with E-state index in [4.69, 9.17) is 9.15 Å². The van der Waals surface area contributed by atoms with Gasteiger partial charge in [-0.3, -0.25) is 9.69 Å².